The normalized spacial score (nSPS) is 30.9. The molecule has 2 amide bonds. The van der Waals surface area contributed by atoms with Gasteiger partial charge in [-0.1, -0.05) is 50.0 Å². The third-order valence-electron chi connectivity index (χ3n) is 9.93. The molecule has 216 valence electrons. The number of thioether (sulfide) groups is 1. The van der Waals surface area contributed by atoms with Gasteiger partial charge in [0.15, 0.2) is 5.92 Å². The minimum atomic E-state index is -0.892. The Morgan fingerprint density at radius 3 is 2.52 bits per heavy atom. The Morgan fingerprint density at radius 2 is 1.77 bits per heavy atom. The molecule has 5 unspecified atom stereocenters. The molecule has 3 fully saturated rings. The van der Waals surface area contributed by atoms with Crippen molar-refractivity contribution < 1.29 is 19.1 Å². The van der Waals surface area contributed by atoms with Gasteiger partial charge < -0.3 is 14.5 Å². The number of nitrogens with zero attached hydrogens (tertiary/aromatic N) is 3. The molecule has 0 spiro atoms. The number of ether oxygens (including phenoxy) is 1. The van der Waals surface area contributed by atoms with E-state index in [0.717, 1.165) is 46.6 Å². The van der Waals surface area contributed by atoms with Crippen LogP contribution in [0.1, 0.15) is 69.9 Å². The van der Waals surface area contributed by atoms with E-state index >= 15 is 0 Å². The average molecular weight is 566 g/mol. The second-order valence-corrected chi connectivity index (χ2v) is 13.3. The standard InChI is InChI=1S/C32H43N3O4S/c1-2-39-32(38)28-29(33-15-17-34(18-16-33)30(36)27-12-7-19-40-27)25-10-5-6-11-26(25)35(31(28)37)21-22-13-14-23-8-3-4-9-24(23)20-22/h5-6,10-12,22-24,28-29H,2-4,7-9,13-21H2,1H3. The second kappa shape index (κ2) is 12.3. The molecule has 8 heteroatoms. The minimum Gasteiger partial charge on any atom is -0.465 e. The summed E-state index contributed by atoms with van der Waals surface area (Å²) in [6, 6.07) is 7.77. The number of anilines is 1. The number of hydrogen-bond donors (Lipinski definition) is 0. The van der Waals surface area contributed by atoms with Gasteiger partial charge in [0.2, 0.25) is 5.91 Å². The fourth-order valence-corrected chi connectivity index (χ4v) is 8.91. The van der Waals surface area contributed by atoms with Gasteiger partial charge in [-0.05, 0) is 62.0 Å². The smallest absolute Gasteiger partial charge is 0.320 e. The molecule has 0 bridgehead atoms. The highest BCUT2D eigenvalue weighted by molar-refractivity contribution is 8.04. The number of piperazine rings is 1. The predicted octanol–water partition coefficient (Wildman–Crippen LogP) is 5.03. The van der Waals surface area contributed by atoms with Gasteiger partial charge in [0.05, 0.1) is 17.6 Å². The van der Waals surface area contributed by atoms with Crippen molar-refractivity contribution in [2.24, 2.45) is 23.7 Å². The quantitative estimate of drug-likeness (QED) is 0.356. The molecular weight excluding hydrogens is 522 g/mol. The van der Waals surface area contributed by atoms with Crippen LogP contribution in [-0.4, -0.2) is 72.7 Å². The maximum absolute atomic E-state index is 14.3. The van der Waals surface area contributed by atoms with E-state index < -0.39 is 11.9 Å². The SMILES string of the molecule is CCOC(=O)C1C(=O)N(CC2CCC3CCCCC3C2)c2ccccc2C1N1CCN(C(=O)C2=CCCS2)CC1. The van der Waals surface area contributed by atoms with Crippen LogP contribution in [0, 0.1) is 23.7 Å². The highest BCUT2D eigenvalue weighted by atomic mass is 32.2. The summed E-state index contributed by atoms with van der Waals surface area (Å²) >= 11 is 1.64. The van der Waals surface area contributed by atoms with Gasteiger partial charge in [0.25, 0.3) is 5.91 Å². The van der Waals surface area contributed by atoms with Gasteiger partial charge in [0.1, 0.15) is 0 Å². The molecule has 1 saturated heterocycles. The van der Waals surface area contributed by atoms with Gasteiger partial charge in [0, 0.05) is 44.2 Å². The number of amides is 2. The van der Waals surface area contributed by atoms with Crippen LogP contribution in [0.4, 0.5) is 5.69 Å². The molecule has 5 atom stereocenters. The number of carbonyl (C=O) groups is 3. The van der Waals surface area contributed by atoms with Gasteiger partial charge in [-0.2, -0.15) is 0 Å². The van der Waals surface area contributed by atoms with Crippen LogP contribution in [0.2, 0.25) is 0 Å². The molecular formula is C32H43N3O4S. The van der Waals surface area contributed by atoms with Gasteiger partial charge >= 0.3 is 5.97 Å². The molecule has 1 aromatic carbocycles. The van der Waals surface area contributed by atoms with Crippen molar-refractivity contribution in [3.63, 3.8) is 0 Å². The maximum atomic E-state index is 14.3. The number of rotatable bonds is 6. The predicted molar refractivity (Wildman–Crippen MR) is 158 cm³/mol. The number of allylic oxidation sites excluding steroid dienone is 1. The third kappa shape index (κ3) is 5.46. The number of hydrogen-bond acceptors (Lipinski definition) is 6. The van der Waals surface area contributed by atoms with E-state index in [1.807, 2.05) is 28.0 Å². The summed E-state index contributed by atoms with van der Waals surface area (Å²) in [5.41, 5.74) is 1.97. The van der Waals surface area contributed by atoms with E-state index in [0.29, 0.717) is 38.6 Å². The Labute approximate surface area is 242 Å². The van der Waals surface area contributed by atoms with Crippen LogP contribution in [-0.2, 0) is 19.1 Å². The van der Waals surface area contributed by atoms with E-state index in [2.05, 4.69) is 17.0 Å². The molecule has 0 radical (unpaired) electrons. The monoisotopic (exact) mass is 565 g/mol. The molecule has 3 heterocycles. The van der Waals surface area contributed by atoms with E-state index in [1.165, 1.54) is 38.5 Å². The van der Waals surface area contributed by atoms with Gasteiger partial charge in [-0.3, -0.25) is 19.3 Å². The first kappa shape index (κ1) is 27.8. The van der Waals surface area contributed by atoms with Crippen LogP contribution < -0.4 is 4.90 Å². The van der Waals surface area contributed by atoms with Crippen LogP contribution in [0.25, 0.3) is 0 Å². The lowest BCUT2D eigenvalue weighted by atomic mass is 9.67. The second-order valence-electron chi connectivity index (χ2n) is 12.2. The van der Waals surface area contributed by atoms with Crippen LogP contribution in [0.15, 0.2) is 35.2 Å². The zero-order valence-corrected chi connectivity index (χ0v) is 24.6. The highest BCUT2D eigenvalue weighted by Crippen LogP contribution is 2.46. The van der Waals surface area contributed by atoms with Gasteiger partial charge in [-0.25, -0.2) is 0 Å². The lowest BCUT2D eigenvalue weighted by Gasteiger charge is -2.47. The largest absolute Gasteiger partial charge is 0.465 e. The first-order valence-electron chi connectivity index (χ1n) is 15.5. The first-order valence-corrected chi connectivity index (χ1v) is 16.5. The Hall–Kier alpha value is -2.32. The van der Waals surface area contributed by atoms with E-state index in [9.17, 15) is 14.4 Å². The lowest BCUT2D eigenvalue weighted by molar-refractivity contribution is -0.156. The summed E-state index contributed by atoms with van der Waals surface area (Å²) in [5, 5.41) is 0. The Kier molecular flexibility index (Phi) is 8.54. The molecule has 5 aliphatic rings. The van der Waals surface area contributed by atoms with Crippen molar-refractivity contribution in [3.05, 3.63) is 40.8 Å². The molecule has 2 aliphatic carbocycles. The van der Waals surface area contributed by atoms with E-state index in [-0.39, 0.29) is 24.5 Å². The minimum absolute atomic E-state index is 0.114. The van der Waals surface area contributed by atoms with Crippen LogP contribution in [0.3, 0.4) is 0 Å². The highest BCUT2D eigenvalue weighted by Gasteiger charge is 2.49. The van der Waals surface area contributed by atoms with Crippen molar-refractivity contribution in [2.75, 3.05) is 50.0 Å². The van der Waals surface area contributed by atoms with Crippen molar-refractivity contribution >= 4 is 35.2 Å². The number of carbonyl (C=O) groups excluding carboxylic acids is 3. The summed E-state index contributed by atoms with van der Waals surface area (Å²) in [4.78, 5) is 47.7. The number of benzene rings is 1. The van der Waals surface area contributed by atoms with Crippen molar-refractivity contribution in [1.29, 1.82) is 0 Å². The zero-order valence-electron chi connectivity index (χ0n) is 23.8. The molecule has 1 aromatic rings. The number of fused-ring (bicyclic) bond motifs is 2. The summed E-state index contributed by atoms with van der Waals surface area (Å²) in [5.74, 6) is 1.75. The molecule has 0 aromatic heterocycles. The lowest BCUT2D eigenvalue weighted by Crippen LogP contribution is -2.57. The Bertz CT molecular complexity index is 1150. The molecule has 6 rings (SSSR count). The van der Waals surface area contributed by atoms with Gasteiger partial charge in [-0.15, -0.1) is 11.8 Å². The summed E-state index contributed by atoms with van der Waals surface area (Å²) in [6.45, 7) is 5.15. The van der Waals surface area contributed by atoms with E-state index in [1.54, 1.807) is 18.7 Å². The maximum Gasteiger partial charge on any atom is 0.320 e. The summed E-state index contributed by atoms with van der Waals surface area (Å²) in [7, 11) is 0. The van der Waals surface area contributed by atoms with Crippen LogP contribution in [0.5, 0.6) is 0 Å². The summed E-state index contributed by atoms with van der Waals surface area (Å²) < 4.78 is 5.54. The first-order chi connectivity index (χ1) is 19.5. The van der Waals surface area contributed by atoms with Crippen molar-refractivity contribution in [3.8, 4) is 0 Å². The van der Waals surface area contributed by atoms with Crippen molar-refractivity contribution in [2.45, 2.75) is 64.3 Å². The summed E-state index contributed by atoms with van der Waals surface area (Å²) in [6.07, 6.45) is 12.0. The Morgan fingerprint density at radius 1 is 1.00 bits per heavy atom. The molecule has 2 saturated carbocycles. The molecule has 40 heavy (non-hydrogen) atoms. The van der Waals surface area contributed by atoms with Crippen molar-refractivity contribution in [1.82, 2.24) is 9.80 Å². The fraction of sp³-hybridized carbons (Fsp3) is 0.656. The molecule has 3 aliphatic heterocycles. The third-order valence-corrected chi connectivity index (χ3v) is 11.0. The Balaban J connectivity index is 1.24. The zero-order chi connectivity index (χ0) is 27.6. The molecule has 7 nitrogen and oxygen atoms in total. The number of esters is 1. The van der Waals surface area contributed by atoms with Crippen LogP contribution >= 0.6 is 11.8 Å². The average Bonchev–Trinajstić information content (AvgIpc) is 3.53. The molecule has 0 N–H and O–H groups in total. The number of para-hydroxylation sites is 1. The van der Waals surface area contributed by atoms with E-state index in [4.69, 9.17) is 4.74 Å². The fourth-order valence-electron chi connectivity index (χ4n) is 7.96. The topological polar surface area (TPSA) is 70.2 Å².